The van der Waals surface area contributed by atoms with Crippen LogP contribution in [0.1, 0.15) is 25.7 Å². The fourth-order valence-electron chi connectivity index (χ4n) is 7.13. The van der Waals surface area contributed by atoms with Crippen LogP contribution in [-0.2, 0) is 0 Å². The summed E-state index contributed by atoms with van der Waals surface area (Å²) < 4.78 is 3.90. The lowest BCUT2D eigenvalue weighted by Crippen LogP contribution is -2.33. The van der Waals surface area contributed by atoms with Crippen LogP contribution in [-0.4, -0.2) is 87.6 Å². The summed E-state index contributed by atoms with van der Waals surface area (Å²) >= 11 is 6.00. The molecule has 0 radical (unpaired) electrons. The zero-order valence-corrected chi connectivity index (χ0v) is 33.1. The quantitative estimate of drug-likeness (QED) is 0.0915. The first kappa shape index (κ1) is 39.4. The standard InChI is InChI=1S/C22H22N6O.C17H12ClN5.C5H11NO/c29-14-17-9-6-12-28(17)22-24-19-11-5-4-10-18(19)21(26-22)25-20-13-27(15-23-20)16-7-2-1-3-8-16;18-17-20-14-9-5-4-8-13(14)16(22-17)21-15-10-23(11-19-15)12-6-2-1-3-7-12;7-4-5-2-1-3-6-5/h1-5,7-8,10-11,13,15,17,29H,6,9,12,14H2,(H,24,25,26);1-11H,(H,20,21,22);5-7H,1-4H2/t17-;;5-/m0.0/s1. The van der Waals surface area contributed by atoms with Gasteiger partial charge < -0.3 is 40.2 Å². The van der Waals surface area contributed by atoms with Crippen LogP contribution in [0.4, 0.5) is 29.2 Å². The van der Waals surface area contributed by atoms with Gasteiger partial charge >= 0.3 is 0 Å². The fraction of sp³-hybridized carbons (Fsp3) is 0.227. The number of benzene rings is 4. The van der Waals surface area contributed by atoms with Gasteiger partial charge in [-0.05, 0) is 92.4 Å². The van der Waals surface area contributed by atoms with Crippen LogP contribution < -0.4 is 20.9 Å². The van der Waals surface area contributed by atoms with E-state index in [-0.39, 0.29) is 17.9 Å². The van der Waals surface area contributed by atoms with E-state index in [4.69, 9.17) is 26.7 Å². The molecule has 4 aromatic heterocycles. The zero-order chi connectivity index (χ0) is 40.4. The van der Waals surface area contributed by atoms with Crippen molar-refractivity contribution in [2.24, 2.45) is 0 Å². The van der Waals surface area contributed by atoms with E-state index < -0.39 is 0 Å². The van der Waals surface area contributed by atoms with Crippen molar-refractivity contribution in [3.8, 4) is 11.4 Å². The highest BCUT2D eigenvalue weighted by Crippen LogP contribution is 2.30. The number of fused-ring (bicyclic) bond motifs is 2. The third-order valence-electron chi connectivity index (χ3n) is 10.2. The molecule has 0 aliphatic carbocycles. The van der Waals surface area contributed by atoms with Gasteiger partial charge in [0.2, 0.25) is 11.2 Å². The second-order valence-corrected chi connectivity index (χ2v) is 14.5. The molecule has 2 saturated heterocycles. The van der Waals surface area contributed by atoms with E-state index in [0.29, 0.717) is 41.9 Å². The number of aromatic nitrogens is 8. The van der Waals surface area contributed by atoms with Crippen molar-refractivity contribution < 1.29 is 10.2 Å². The van der Waals surface area contributed by atoms with E-state index in [0.717, 1.165) is 65.5 Å². The van der Waals surface area contributed by atoms with E-state index in [1.807, 2.05) is 131 Å². The topological polar surface area (TPSA) is 167 Å². The summed E-state index contributed by atoms with van der Waals surface area (Å²) in [6.45, 7) is 2.36. The summed E-state index contributed by atoms with van der Waals surface area (Å²) in [4.78, 5) is 29.0. The Labute approximate surface area is 346 Å². The molecule has 59 heavy (non-hydrogen) atoms. The SMILES string of the molecule is Clc1nc(Nc2cn(-c3ccccc3)cn2)c2ccccc2n1.OC[C@@H]1CCCN1.OC[C@@H]1CCCN1c1nc(Nc2cn(-c3ccccc3)cn2)c2ccccc2n1. The van der Waals surface area contributed by atoms with E-state index in [1.54, 1.807) is 12.7 Å². The molecule has 2 atom stereocenters. The lowest BCUT2D eigenvalue weighted by atomic mass is 10.2. The summed E-state index contributed by atoms with van der Waals surface area (Å²) in [5, 5.41) is 30.0. The van der Waals surface area contributed by atoms with Gasteiger partial charge in [0.05, 0.1) is 42.7 Å². The lowest BCUT2D eigenvalue weighted by Gasteiger charge is -2.23. The molecule has 0 saturated carbocycles. The number of anilines is 5. The summed E-state index contributed by atoms with van der Waals surface area (Å²) in [5.74, 6) is 3.40. The highest BCUT2D eigenvalue weighted by atomic mass is 35.5. The maximum atomic E-state index is 9.70. The molecule has 2 aliphatic heterocycles. The molecule has 2 aliphatic rings. The van der Waals surface area contributed by atoms with Gasteiger partial charge in [0.25, 0.3) is 0 Å². The molecule has 15 heteroatoms. The van der Waals surface area contributed by atoms with Crippen LogP contribution in [0.3, 0.4) is 0 Å². The van der Waals surface area contributed by atoms with Crippen molar-refractivity contribution in [3.63, 3.8) is 0 Å². The van der Waals surface area contributed by atoms with Crippen LogP contribution >= 0.6 is 11.6 Å². The molecular weight excluding hydrogens is 764 g/mol. The van der Waals surface area contributed by atoms with Crippen LogP contribution in [0.25, 0.3) is 33.2 Å². The highest BCUT2D eigenvalue weighted by molar-refractivity contribution is 6.28. The first-order valence-electron chi connectivity index (χ1n) is 19.7. The highest BCUT2D eigenvalue weighted by Gasteiger charge is 2.27. The number of nitrogens with one attached hydrogen (secondary N) is 3. The normalized spacial score (nSPS) is 16.0. The summed E-state index contributed by atoms with van der Waals surface area (Å²) in [5.41, 5.74) is 3.74. The number of hydrogen-bond acceptors (Lipinski definition) is 12. The number of hydrogen-bond donors (Lipinski definition) is 5. The summed E-state index contributed by atoms with van der Waals surface area (Å²) in [7, 11) is 0. The minimum Gasteiger partial charge on any atom is -0.395 e. The Hall–Kier alpha value is -6.45. The average molecular weight is 809 g/mol. The van der Waals surface area contributed by atoms with Gasteiger partial charge in [0.1, 0.15) is 35.9 Å². The minimum absolute atomic E-state index is 0.0706. The van der Waals surface area contributed by atoms with Crippen molar-refractivity contribution in [2.75, 3.05) is 41.8 Å². The lowest BCUT2D eigenvalue weighted by molar-refractivity contribution is 0.255. The average Bonchev–Trinajstić information content (AvgIpc) is 4.14. The molecule has 6 heterocycles. The van der Waals surface area contributed by atoms with Gasteiger partial charge in [0, 0.05) is 34.7 Å². The number of aliphatic hydroxyl groups is 2. The van der Waals surface area contributed by atoms with E-state index in [1.165, 1.54) is 6.42 Å². The molecule has 2 fully saturated rings. The molecule has 0 unspecified atom stereocenters. The second-order valence-electron chi connectivity index (χ2n) is 14.1. The Morgan fingerprint density at radius 1 is 0.627 bits per heavy atom. The molecular formula is C44H45ClN12O2. The van der Waals surface area contributed by atoms with Crippen LogP contribution in [0.5, 0.6) is 0 Å². The van der Waals surface area contributed by atoms with E-state index in [9.17, 15) is 5.11 Å². The maximum absolute atomic E-state index is 9.70. The fourth-order valence-corrected chi connectivity index (χ4v) is 7.31. The summed E-state index contributed by atoms with van der Waals surface area (Å²) in [6.07, 6.45) is 11.7. The van der Waals surface area contributed by atoms with Crippen molar-refractivity contribution in [2.45, 2.75) is 37.8 Å². The molecule has 0 bridgehead atoms. The third kappa shape index (κ3) is 9.65. The number of nitrogens with zero attached hydrogens (tertiary/aromatic N) is 9. The Kier molecular flexibility index (Phi) is 12.6. The Bertz CT molecular complexity index is 2580. The van der Waals surface area contributed by atoms with Gasteiger partial charge in [-0.1, -0.05) is 60.7 Å². The first-order chi connectivity index (χ1) is 29.0. The van der Waals surface area contributed by atoms with Gasteiger partial charge in [-0.15, -0.1) is 0 Å². The number of imidazole rings is 2. The van der Waals surface area contributed by atoms with Crippen molar-refractivity contribution in [1.82, 2.24) is 44.4 Å². The summed E-state index contributed by atoms with van der Waals surface area (Å²) in [6, 6.07) is 36.2. The van der Waals surface area contributed by atoms with Crippen LogP contribution in [0.15, 0.2) is 134 Å². The second kappa shape index (κ2) is 18.9. The smallest absolute Gasteiger partial charge is 0.228 e. The molecule has 14 nitrogen and oxygen atoms in total. The van der Waals surface area contributed by atoms with Crippen molar-refractivity contribution >= 4 is 62.6 Å². The Morgan fingerprint density at radius 3 is 1.73 bits per heavy atom. The van der Waals surface area contributed by atoms with Gasteiger partial charge in [-0.3, -0.25) is 0 Å². The van der Waals surface area contributed by atoms with Gasteiger partial charge in [0.15, 0.2) is 0 Å². The van der Waals surface area contributed by atoms with Crippen molar-refractivity contribution in [1.29, 1.82) is 0 Å². The number of para-hydroxylation sites is 4. The molecule has 8 aromatic rings. The predicted octanol–water partition coefficient (Wildman–Crippen LogP) is 7.46. The Balaban J connectivity index is 0.000000144. The number of halogens is 1. The molecule has 0 spiro atoms. The number of rotatable bonds is 9. The van der Waals surface area contributed by atoms with Gasteiger partial charge in [-0.2, -0.15) is 9.97 Å². The molecule has 5 N–H and O–H groups in total. The predicted molar refractivity (Wildman–Crippen MR) is 233 cm³/mol. The Morgan fingerprint density at radius 2 is 1.19 bits per heavy atom. The third-order valence-corrected chi connectivity index (χ3v) is 10.3. The zero-order valence-electron chi connectivity index (χ0n) is 32.3. The first-order valence-corrected chi connectivity index (χ1v) is 20.1. The van der Waals surface area contributed by atoms with E-state index in [2.05, 4.69) is 40.8 Å². The van der Waals surface area contributed by atoms with Crippen LogP contribution in [0, 0.1) is 0 Å². The van der Waals surface area contributed by atoms with Crippen molar-refractivity contribution in [3.05, 3.63) is 140 Å². The molecule has 10 rings (SSSR count). The number of aliphatic hydroxyl groups excluding tert-OH is 2. The molecule has 4 aromatic carbocycles. The van der Waals surface area contributed by atoms with Gasteiger partial charge in [-0.25, -0.2) is 19.9 Å². The largest absolute Gasteiger partial charge is 0.395 e. The molecule has 0 amide bonds. The maximum Gasteiger partial charge on any atom is 0.228 e. The minimum atomic E-state index is 0.0706. The monoisotopic (exact) mass is 808 g/mol. The van der Waals surface area contributed by atoms with E-state index >= 15 is 0 Å². The molecule has 300 valence electrons. The van der Waals surface area contributed by atoms with Crippen LogP contribution in [0.2, 0.25) is 5.28 Å².